The van der Waals surface area contributed by atoms with Gasteiger partial charge in [-0.05, 0) is 69.2 Å². The smallest absolute Gasteiger partial charge is 0.261 e. The van der Waals surface area contributed by atoms with Crippen molar-refractivity contribution in [2.45, 2.75) is 46.4 Å². The van der Waals surface area contributed by atoms with Crippen molar-refractivity contribution in [2.24, 2.45) is 0 Å². The number of amides is 1. The summed E-state index contributed by atoms with van der Waals surface area (Å²) in [6.45, 7) is 8.02. The van der Waals surface area contributed by atoms with Gasteiger partial charge >= 0.3 is 0 Å². The fraction of sp³-hybridized carbons (Fsp3) is 0.350. The highest BCUT2D eigenvalue weighted by molar-refractivity contribution is 6.31. The van der Waals surface area contributed by atoms with Gasteiger partial charge in [0.25, 0.3) is 5.91 Å². The minimum absolute atomic E-state index is 0.139. The lowest BCUT2D eigenvalue weighted by atomic mass is 10.2. The number of carbonyl (C=O) groups is 1. The number of aryl methyl sites for hydroxylation is 1. The zero-order valence-corrected chi connectivity index (χ0v) is 15.8. The van der Waals surface area contributed by atoms with E-state index in [0.29, 0.717) is 17.3 Å². The van der Waals surface area contributed by atoms with Gasteiger partial charge in [-0.3, -0.25) is 4.79 Å². The molecule has 2 aromatic rings. The first kappa shape index (κ1) is 19.1. The summed E-state index contributed by atoms with van der Waals surface area (Å²) < 4.78 is 11.3. The van der Waals surface area contributed by atoms with Crippen LogP contribution in [0, 0.1) is 6.92 Å². The maximum Gasteiger partial charge on any atom is 0.261 e. The van der Waals surface area contributed by atoms with Gasteiger partial charge in [0.1, 0.15) is 11.5 Å². The number of carbonyl (C=O) groups excluding carboxylic acids is 1. The van der Waals surface area contributed by atoms with E-state index in [1.165, 1.54) is 0 Å². The van der Waals surface area contributed by atoms with Crippen molar-refractivity contribution in [3.63, 3.8) is 0 Å². The Labute approximate surface area is 154 Å². The molecule has 1 N–H and O–H groups in total. The second-order valence-electron chi connectivity index (χ2n) is 6.20. The molecule has 0 bridgehead atoms. The molecule has 2 rings (SSSR count). The van der Waals surface area contributed by atoms with E-state index in [1.807, 2.05) is 51.1 Å². The molecule has 4 nitrogen and oxygen atoms in total. The lowest BCUT2D eigenvalue weighted by Gasteiger charge is -2.15. The lowest BCUT2D eigenvalue weighted by Crippen LogP contribution is -2.35. The largest absolute Gasteiger partial charge is 0.491 e. The Kier molecular flexibility index (Phi) is 6.71. The molecule has 0 radical (unpaired) electrons. The van der Waals surface area contributed by atoms with Gasteiger partial charge in [0.05, 0.1) is 6.10 Å². The van der Waals surface area contributed by atoms with Crippen LogP contribution in [0.25, 0.3) is 0 Å². The molecule has 0 saturated carbocycles. The Morgan fingerprint density at radius 3 is 2.28 bits per heavy atom. The van der Waals surface area contributed by atoms with Crippen molar-refractivity contribution >= 4 is 17.5 Å². The topological polar surface area (TPSA) is 47.6 Å². The summed E-state index contributed by atoms with van der Waals surface area (Å²) in [4.78, 5) is 12.2. The first-order chi connectivity index (χ1) is 11.8. The molecule has 1 amide bonds. The summed E-state index contributed by atoms with van der Waals surface area (Å²) >= 11 is 5.99. The van der Waals surface area contributed by atoms with Crippen molar-refractivity contribution in [3.8, 4) is 11.5 Å². The Bertz CT molecular complexity index is 713. The molecule has 0 aromatic heterocycles. The fourth-order valence-electron chi connectivity index (χ4n) is 2.24. The van der Waals surface area contributed by atoms with Gasteiger partial charge in [-0.25, -0.2) is 0 Å². The Balaban J connectivity index is 1.85. The predicted octanol–water partition coefficient (Wildman–Crippen LogP) is 4.52. The van der Waals surface area contributed by atoms with Crippen LogP contribution < -0.4 is 14.8 Å². The van der Waals surface area contributed by atoms with Crippen LogP contribution in [-0.4, -0.2) is 18.1 Å². The van der Waals surface area contributed by atoms with Crippen molar-refractivity contribution in [3.05, 3.63) is 58.6 Å². The SMILES string of the molecule is Cc1cc(O[C@H](C)C(=O)NCc2ccc(OC(C)C)cc2)ccc1Cl. The van der Waals surface area contributed by atoms with Crippen molar-refractivity contribution in [1.82, 2.24) is 5.32 Å². The number of rotatable bonds is 7. The highest BCUT2D eigenvalue weighted by Crippen LogP contribution is 2.22. The van der Waals surface area contributed by atoms with Gasteiger partial charge < -0.3 is 14.8 Å². The summed E-state index contributed by atoms with van der Waals surface area (Å²) in [7, 11) is 0. The summed E-state index contributed by atoms with van der Waals surface area (Å²) in [5, 5.41) is 3.55. The minimum atomic E-state index is -0.593. The summed E-state index contributed by atoms with van der Waals surface area (Å²) in [6.07, 6.45) is -0.454. The van der Waals surface area contributed by atoms with Gasteiger partial charge in [0.2, 0.25) is 0 Å². The molecule has 0 fully saturated rings. The van der Waals surface area contributed by atoms with Gasteiger partial charge in [-0.2, -0.15) is 0 Å². The van der Waals surface area contributed by atoms with Crippen molar-refractivity contribution in [2.75, 3.05) is 0 Å². The number of halogens is 1. The van der Waals surface area contributed by atoms with E-state index in [2.05, 4.69) is 5.32 Å². The molecule has 2 aromatic carbocycles. The Morgan fingerprint density at radius 2 is 1.68 bits per heavy atom. The summed E-state index contributed by atoms with van der Waals surface area (Å²) in [6, 6.07) is 13.0. The molecule has 0 spiro atoms. The zero-order valence-electron chi connectivity index (χ0n) is 15.0. The average Bonchev–Trinajstić information content (AvgIpc) is 2.56. The second kappa shape index (κ2) is 8.77. The van der Waals surface area contributed by atoms with Crippen LogP contribution in [0.1, 0.15) is 31.9 Å². The van der Waals surface area contributed by atoms with Gasteiger partial charge in [0.15, 0.2) is 6.10 Å². The van der Waals surface area contributed by atoms with Crippen LogP contribution in [0.15, 0.2) is 42.5 Å². The Morgan fingerprint density at radius 1 is 1.04 bits per heavy atom. The average molecular weight is 362 g/mol. The molecule has 0 aliphatic carbocycles. The predicted molar refractivity (Wildman–Crippen MR) is 100 cm³/mol. The first-order valence-electron chi connectivity index (χ1n) is 8.31. The van der Waals surface area contributed by atoms with E-state index < -0.39 is 6.10 Å². The molecule has 1 atom stereocenters. The highest BCUT2D eigenvalue weighted by Gasteiger charge is 2.14. The summed E-state index contributed by atoms with van der Waals surface area (Å²) in [5.41, 5.74) is 1.91. The van der Waals surface area contributed by atoms with E-state index in [9.17, 15) is 4.79 Å². The Hall–Kier alpha value is -2.20. The van der Waals surface area contributed by atoms with E-state index in [-0.39, 0.29) is 12.0 Å². The number of hydrogen-bond acceptors (Lipinski definition) is 3. The number of hydrogen-bond donors (Lipinski definition) is 1. The van der Waals surface area contributed by atoms with E-state index in [1.54, 1.807) is 19.1 Å². The molecular formula is C20H24ClNO3. The van der Waals surface area contributed by atoms with E-state index in [0.717, 1.165) is 16.9 Å². The maximum absolute atomic E-state index is 12.2. The molecular weight excluding hydrogens is 338 g/mol. The highest BCUT2D eigenvalue weighted by atomic mass is 35.5. The number of ether oxygens (including phenoxy) is 2. The van der Waals surface area contributed by atoms with Crippen molar-refractivity contribution in [1.29, 1.82) is 0 Å². The van der Waals surface area contributed by atoms with Crippen LogP contribution in [-0.2, 0) is 11.3 Å². The van der Waals surface area contributed by atoms with Gasteiger partial charge in [-0.1, -0.05) is 23.7 Å². The van der Waals surface area contributed by atoms with Crippen LogP contribution in [0.2, 0.25) is 5.02 Å². The normalized spacial score (nSPS) is 11.9. The number of benzene rings is 2. The lowest BCUT2D eigenvalue weighted by molar-refractivity contribution is -0.127. The van der Waals surface area contributed by atoms with Gasteiger partial charge in [0, 0.05) is 11.6 Å². The van der Waals surface area contributed by atoms with Crippen LogP contribution in [0.5, 0.6) is 11.5 Å². The third-order valence-corrected chi connectivity index (χ3v) is 4.00. The van der Waals surface area contributed by atoms with E-state index in [4.69, 9.17) is 21.1 Å². The quantitative estimate of drug-likeness (QED) is 0.788. The molecule has 0 unspecified atom stereocenters. The molecule has 0 saturated heterocycles. The maximum atomic E-state index is 12.2. The van der Waals surface area contributed by atoms with E-state index >= 15 is 0 Å². The first-order valence-corrected chi connectivity index (χ1v) is 8.69. The molecule has 25 heavy (non-hydrogen) atoms. The summed E-state index contributed by atoms with van der Waals surface area (Å²) in [5.74, 6) is 1.27. The molecule has 0 aliphatic rings. The van der Waals surface area contributed by atoms with Crippen LogP contribution >= 0.6 is 11.6 Å². The monoisotopic (exact) mass is 361 g/mol. The van der Waals surface area contributed by atoms with Crippen LogP contribution in [0.3, 0.4) is 0 Å². The molecule has 134 valence electrons. The van der Waals surface area contributed by atoms with Gasteiger partial charge in [-0.15, -0.1) is 0 Å². The second-order valence-corrected chi connectivity index (χ2v) is 6.61. The standard InChI is InChI=1S/C20H24ClNO3/c1-13(2)24-17-7-5-16(6-8-17)12-22-20(23)15(4)25-18-9-10-19(21)14(3)11-18/h5-11,13,15H,12H2,1-4H3,(H,22,23)/t15-/m1/s1. The minimum Gasteiger partial charge on any atom is -0.491 e. The number of nitrogens with one attached hydrogen (secondary N) is 1. The fourth-order valence-corrected chi connectivity index (χ4v) is 2.36. The zero-order chi connectivity index (χ0) is 18.4. The van der Waals surface area contributed by atoms with Crippen molar-refractivity contribution < 1.29 is 14.3 Å². The third-order valence-electron chi connectivity index (χ3n) is 3.57. The molecule has 5 heteroatoms. The molecule has 0 aliphatic heterocycles. The van der Waals surface area contributed by atoms with Crippen LogP contribution in [0.4, 0.5) is 0 Å². The molecule has 0 heterocycles. The third kappa shape index (κ3) is 5.98.